The number of carbonyl (C=O) groups excluding carboxylic acids is 2. The van der Waals surface area contributed by atoms with Crippen LogP contribution in [0.5, 0.6) is 0 Å². The number of aryl methyl sites for hydroxylation is 1. The lowest BCUT2D eigenvalue weighted by Crippen LogP contribution is -2.30. The van der Waals surface area contributed by atoms with E-state index in [-0.39, 0.29) is 18.6 Å². The van der Waals surface area contributed by atoms with Crippen LogP contribution in [0, 0.1) is 5.92 Å². The Morgan fingerprint density at radius 1 is 1.22 bits per heavy atom. The van der Waals surface area contributed by atoms with E-state index in [4.69, 9.17) is 4.74 Å². The second-order valence-electron chi connectivity index (χ2n) is 6.63. The van der Waals surface area contributed by atoms with Crippen LogP contribution in [0.2, 0.25) is 0 Å². The smallest absolute Gasteiger partial charge is 0.408 e. The van der Waals surface area contributed by atoms with E-state index in [0.29, 0.717) is 18.8 Å². The Bertz CT molecular complexity index is 731. The molecule has 0 aliphatic heterocycles. The highest BCUT2D eigenvalue weighted by atomic mass is 32.1. The molecule has 1 amide bonds. The highest BCUT2D eigenvalue weighted by Gasteiger charge is 2.20. The van der Waals surface area contributed by atoms with E-state index >= 15 is 0 Å². The molecule has 1 aromatic carbocycles. The summed E-state index contributed by atoms with van der Waals surface area (Å²) in [6, 6.07) is 9.33. The first kappa shape index (κ1) is 20.9. The van der Waals surface area contributed by atoms with Crippen molar-refractivity contribution in [2.75, 3.05) is 7.11 Å². The van der Waals surface area contributed by atoms with E-state index < -0.39 is 6.09 Å². The molecule has 27 heavy (non-hydrogen) atoms. The summed E-state index contributed by atoms with van der Waals surface area (Å²) in [4.78, 5) is 28.9. The van der Waals surface area contributed by atoms with Crippen molar-refractivity contribution in [1.82, 2.24) is 10.3 Å². The molecule has 0 fully saturated rings. The van der Waals surface area contributed by atoms with Gasteiger partial charge in [-0.1, -0.05) is 44.2 Å². The fraction of sp³-hybridized carbons (Fsp3) is 0.450. The Labute approximate surface area is 163 Å². The largest absolute Gasteiger partial charge is 0.469 e. The predicted octanol–water partition coefficient (Wildman–Crippen LogP) is 4.26. The van der Waals surface area contributed by atoms with Crippen LogP contribution >= 0.6 is 11.3 Å². The van der Waals surface area contributed by atoms with Crippen LogP contribution in [0.4, 0.5) is 4.79 Å². The van der Waals surface area contributed by atoms with Crippen LogP contribution in [0.1, 0.15) is 48.2 Å². The fourth-order valence-electron chi connectivity index (χ4n) is 2.53. The summed E-state index contributed by atoms with van der Waals surface area (Å²) in [6.07, 6.45) is 2.95. The number of nitrogens with zero attached hydrogens (tertiary/aromatic N) is 1. The zero-order valence-corrected chi connectivity index (χ0v) is 16.8. The van der Waals surface area contributed by atoms with Gasteiger partial charge in [0.2, 0.25) is 0 Å². The van der Waals surface area contributed by atoms with Crippen molar-refractivity contribution >= 4 is 23.4 Å². The molecule has 0 bridgehead atoms. The molecule has 0 aliphatic carbocycles. The monoisotopic (exact) mass is 390 g/mol. The summed E-state index contributed by atoms with van der Waals surface area (Å²) < 4.78 is 9.99. The third kappa shape index (κ3) is 7.38. The number of nitrogens with one attached hydrogen (secondary N) is 1. The molecule has 1 N–H and O–H groups in total. The molecular weight excluding hydrogens is 364 g/mol. The maximum Gasteiger partial charge on any atom is 0.408 e. The van der Waals surface area contributed by atoms with Gasteiger partial charge in [-0.05, 0) is 24.3 Å². The van der Waals surface area contributed by atoms with E-state index in [1.54, 1.807) is 6.20 Å². The van der Waals surface area contributed by atoms with Crippen molar-refractivity contribution in [1.29, 1.82) is 0 Å². The van der Waals surface area contributed by atoms with Crippen LogP contribution in [0.3, 0.4) is 0 Å². The van der Waals surface area contributed by atoms with E-state index in [2.05, 4.69) is 28.9 Å². The van der Waals surface area contributed by atoms with Crippen LogP contribution in [-0.2, 0) is 27.3 Å². The Balaban J connectivity index is 1.94. The molecule has 0 aliphatic rings. The molecule has 1 aromatic heterocycles. The minimum absolute atomic E-state index is 0.217. The number of benzene rings is 1. The molecule has 1 unspecified atom stereocenters. The van der Waals surface area contributed by atoms with Gasteiger partial charge in [-0.15, -0.1) is 11.3 Å². The molecule has 2 aromatic rings. The van der Waals surface area contributed by atoms with Crippen molar-refractivity contribution in [2.24, 2.45) is 5.92 Å². The number of thiazole rings is 1. The number of amides is 1. The Kier molecular flexibility index (Phi) is 8.26. The second kappa shape index (κ2) is 10.7. The lowest BCUT2D eigenvalue weighted by Gasteiger charge is -2.18. The van der Waals surface area contributed by atoms with Crippen molar-refractivity contribution in [2.45, 2.75) is 45.8 Å². The van der Waals surface area contributed by atoms with Gasteiger partial charge in [-0.25, -0.2) is 9.78 Å². The maximum absolute atomic E-state index is 12.2. The number of hydrogen-bond donors (Lipinski definition) is 1. The summed E-state index contributed by atoms with van der Waals surface area (Å²) in [5.41, 5.74) is 0.937. The van der Waals surface area contributed by atoms with Gasteiger partial charge in [0.25, 0.3) is 0 Å². The van der Waals surface area contributed by atoms with Crippen LogP contribution < -0.4 is 5.32 Å². The van der Waals surface area contributed by atoms with E-state index in [9.17, 15) is 9.59 Å². The molecule has 0 saturated carbocycles. The van der Waals surface area contributed by atoms with E-state index in [1.807, 2.05) is 30.3 Å². The first-order valence-corrected chi connectivity index (χ1v) is 9.78. The molecule has 2 rings (SSSR count). The number of esters is 1. The molecule has 146 valence electrons. The fourth-order valence-corrected chi connectivity index (χ4v) is 3.51. The molecule has 1 atom stereocenters. The predicted molar refractivity (Wildman–Crippen MR) is 104 cm³/mol. The summed E-state index contributed by atoms with van der Waals surface area (Å²) in [5, 5.41) is 3.74. The Morgan fingerprint density at radius 3 is 2.63 bits per heavy atom. The molecule has 0 radical (unpaired) electrons. The van der Waals surface area contributed by atoms with Crippen LogP contribution in [0.25, 0.3) is 0 Å². The third-order valence-electron chi connectivity index (χ3n) is 3.88. The third-order valence-corrected chi connectivity index (χ3v) is 5.06. The van der Waals surface area contributed by atoms with Crippen LogP contribution in [-0.4, -0.2) is 24.2 Å². The van der Waals surface area contributed by atoms with Crippen molar-refractivity contribution in [3.05, 3.63) is 52.0 Å². The zero-order valence-electron chi connectivity index (χ0n) is 15.9. The quantitative estimate of drug-likeness (QED) is 0.647. The number of hydrogen-bond acceptors (Lipinski definition) is 6. The van der Waals surface area contributed by atoms with Crippen molar-refractivity contribution in [3.8, 4) is 0 Å². The first-order valence-electron chi connectivity index (χ1n) is 8.96. The average molecular weight is 391 g/mol. The lowest BCUT2D eigenvalue weighted by molar-refractivity contribution is -0.140. The summed E-state index contributed by atoms with van der Waals surface area (Å²) in [5.74, 6) is 0.137. The SMILES string of the molecule is COC(=O)CCc1cnc(C(CC(C)C)NC(=O)OCc2ccccc2)s1. The average Bonchev–Trinajstić information content (AvgIpc) is 3.13. The molecule has 0 spiro atoms. The maximum atomic E-state index is 12.2. The van der Waals surface area contributed by atoms with E-state index in [0.717, 1.165) is 21.9 Å². The lowest BCUT2D eigenvalue weighted by atomic mass is 10.0. The number of ether oxygens (including phenoxy) is 2. The van der Waals surface area contributed by atoms with Gasteiger partial charge in [0.1, 0.15) is 11.6 Å². The summed E-state index contributed by atoms with van der Waals surface area (Å²) in [6.45, 7) is 4.41. The highest BCUT2D eigenvalue weighted by molar-refractivity contribution is 7.11. The molecule has 0 saturated heterocycles. The minimum atomic E-state index is -0.462. The Hall–Kier alpha value is -2.41. The summed E-state index contributed by atoms with van der Waals surface area (Å²) in [7, 11) is 1.38. The summed E-state index contributed by atoms with van der Waals surface area (Å²) >= 11 is 1.50. The van der Waals surface area contributed by atoms with Gasteiger partial charge in [0.05, 0.1) is 19.6 Å². The molecular formula is C20H26N2O4S. The topological polar surface area (TPSA) is 77.5 Å². The van der Waals surface area contributed by atoms with Crippen molar-refractivity contribution < 1.29 is 19.1 Å². The number of carbonyl (C=O) groups is 2. The Morgan fingerprint density at radius 2 is 1.96 bits per heavy atom. The normalized spacial score (nSPS) is 11.9. The van der Waals surface area contributed by atoms with Gasteiger partial charge in [-0.3, -0.25) is 4.79 Å². The first-order chi connectivity index (χ1) is 13.0. The van der Waals surface area contributed by atoms with Gasteiger partial charge >= 0.3 is 12.1 Å². The van der Waals surface area contributed by atoms with Crippen LogP contribution in [0.15, 0.2) is 36.5 Å². The second-order valence-corrected chi connectivity index (χ2v) is 7.78. The van der Waals surface area contributed by atoms with Gasteiger partial charge < -0.3 is 14.8 Å². The minimum Gasteiger partial charge on any atom is -0.469 e. The standard InChI is InChI=1S/C20H26N2O4S/c1-14(2)11-17(19-21-12-16(27-19)9-10-18(23)25-3)22-20(24)26-13-15-7-5-4-6-8-15/h4-8,12,14,17H,9-11,13H2,1-3H3,(H,22,24). The van der Waals surface area contributed by atoms with E-state index in [1.165, 1.54) is 18.4 Å². The number of aromatic nitrogens is 1. The number of alkyl carbamates (subject to hydrolysis) is 1. The number of rotatable bonds is 9. The highest BCUT2D eigenvalue weighted by Crippen LogP contribution is 2.26. The zero-order chi connectivity index (χ0) is 19.6. The van der Waals surface area contributed by atoms with Gasteiger partial charge in [0.15, 0.2) is 0 Å². The molecule has 7 heteroatoms. The van der Waals surface area contributed by atoms with Gasteiger partial charge in [0, 0.05) is 11.1 Å². The van der Waals surface area contributed by atoms with Crippen molar-refractivity contribution in [3.63, 3.8) is 0 Å². The molecule has 6 nitrogen and oxygen atoms in total. The van der Waals surface area contributed by atoms with Gasteiger partial charge in [-0.2, -0.15) is 0 Å². The number of methoxy groups -OCH3 is 1. The molecule has 1 heterocycles.